The summed E-state index contributed by atoms with van der Waals surface area (Å²) in [7, 11) is -5.46. The number of carbonyl (C=O) groups is 3. The van der Waals surface area contributed by atoms with Crippen LogP contribution in [0, 0.1) is 0 Å². The molecule has 0 spiro atoms. The number of aromatic nitrogens is 2. The number of hydrogen-bond donors (Lipinski definition) is 3. The summed E-state index contributed by atoms with van der Waals surface area (Å²) in [6.45, 7) is 5.11. The summed E-state index contributed by atoms with van der Waals surface area (Å²) >= 11 is 12.6. The maximum atomic E-state index is 13.8. The van der Waals surface area contributed by atoms with Gasteiger partial charge in [0.2, 0.25) is 20.0 Å². The quantitative estimate of drug-likeness (QED) is 0.0740. The molecule has 8 aromatic rings. The number of carboxylic acids is 1. The Morgan fingerprint density at radius 2 is 0.942 bits per heavy atom. The third-order valence-corrected chi connectivity index (χ3v) is 18.5. The van der Waals surface area contributed by atoms with Crippen LogP contribution in [0.1, 0.15) is 43.2 Å². The van der Waals surface area contributed by atoms with Crippen LogP contribution in [-0.2, 0) is 47.2 Å². The molecule has 450 valence electrons. The summed E-state index contributed by atoms with van der Waals surface area (Å²) in [5, 5.41) is 21.7. The van der Waals surface area contributed by atoms with E-state index in [2.05, 4.69) is 5.32 Å². The Bertz CT molecular complexity index is 4170. The Balaban J connectivity index is 0.000000202. The number of nitrogens with zero attached hydrogens (tertiary/aromatic N) is 5. The molecule has 4 heterocycles. The number of nitrogens with one attached hydrogen (secondary N) is 1. The number of para-hydroxylation sites is 2. The number of fused-ring (bicyclic) bond motifs is 2. The van der Waals surface area contributed by atoms with E-state index >= 15 is 0 Å². The van der Waals surface area contributed by atoms with Gasteiger partial charge in [0.05, 0.1) is 35.0 Å². The molecular formula is C59H56BCl2F3N6O13S2. The average molecular weight is 1260 g/mol. The van der Waals surface area contributed by atoms with Crippen molar-refractivity contribution >= 4 is 90.0 Å². The second-order valence-corrected chi connectivity index (χ2v) is 24.4. The van der Waals surface area contributed by atoms with E-state index < -0.39 is 51.2 Å². The van der Waals surface area contributed by atoms with E-state index in [1.807, 2.05) is 65.5 Å². The number of esters is 2. The minimum absolute atomic E-state index is 0.0715. The van der Waals surface area contributed by atoms with Gasteiger partial charge in [-0.2, -0.15) is 21.8 Å². The summed E-state index contributed by atoms with van der Waals surface area (Å²) in [6.07, 6.45) is -4.91. The number of carboxylic acid groups (broad SMARTS) is 1. The largest absolute Gasteiger partial charge is 0.490 e. The molecule has 0 unspecified atom stereocenters. The molecular weight excluding hydrogens is 1200 g/mol. The molecule has 19 nitrogen and oxygen atoms in total. The fourth-order valence-corrected chi connectivity index (χ4v) is 13.1. The summed E-state index contributed by atoms with van der Waals surface area (Å²) in [6, 6.07) is 40.9. The van der Waals surface area contributed by atoms with Gasteiger partial charge in [0, 0.05) is 109 Å². The molecule has 0 radical (unpaired) electrons. The number of ether oxygens (including phenoxy) is 2. The summed E-state index contributed by atoms with van der Waals surface area (Å²) in [4.78, 5) is 64.9. The number of methoxy groups -OCH3 is 2. The number of rotatable bonds is 13. The number of aliphatic carboxylic acids is 1. The van der Waals surface area contributed by atoms with Gasteiger partial charge in [-0.25, -0.2) is 31.2 Å². The minimum Gasteiger partial charge on any atom is -0.475 e. The lowest BCUT2D eigenvalue weighted by Crippen LogP contribution is -2.52. The second kappa shape index (κ2) is 27.3. The molecule has 27 heteroatoms. The van der Waals surface area contributed by atoms with Crippen LogP contribution >= 0.6 is 23.2 Å². The lowest BCUT2D eigenvalue weighted by Gasteiger charge is -2.34. The fraction of sp³-hybridized carbons (Fsp3) is 0.237. The summed E-state index contributed by atoms with van der Waals surface area (Å²) < 4.78 is 101. The Hall–Kier alpha value is -7.72. The molecule has 2 aliphatic heterocycles. The lowest BCUT2D eigenvalue weighted by atomic mass is 9.84. The predicted molar refractivity (Wildman–Crippen MR) is 320 cm³/mol. The van der Waals surface area contributed by atoms with E-state index in [4.69, 9.17) is 42.6 Å². The Labute approximate surface area is 502 Å². The Morgan fingerprint density at radius 3 is 1.28 bits per heavy atom. The number of pyridine rings is 2. The molecule has 0 amide bonds. The number of sulfonamides is 2. The van der Waals surface area contributed by atoms with Crippen molar-refractivity contribution < 1.29 is 64.0 Å². The molecule has 0 saturated carbocycles. The van der Waals surface area contributed by atoms with Gasteiger partial charge in [-0.1, -0.05) is 83.9 Å². The topological polar surface area (TPSA) is 244 Å². The van der Waals surface area contributed by atoms with Crippen LogP contribution in [-0.4, -0.2) is 147 Å². The molecule has 2 aromatic heterocycles. The van der Waals surface area contributed by atoms with Crippen molar-refractivity contribution in [3.05, 3.63) is 210 Å². The van der Waals surface area contributed by atoms with Crippen molar-refractivity contribution in [3.8, 4) is 11.4 Å². The highest BCUT2D eigenvalue weighted by atomic mass is 35.5. The van der Waals surface area contributed by atoms with Gasteiger partial charge in [0.15, 0.2) is 10.9 Å². The number of piperazine rings is 2. The predicted octanol–water partition coefficient (Wildman–Crippen LogP) is 7.69. The third-order valence-electron chi connectivity index (χ3n) is 14.2. The molecule has 86 heavy (non-hydrogen) atoms. The van der Waals surface area contributed by atoms with Crippen molar-refractivity contribution in [1.29, 1.82) is 0 Å². The maximum absolute atomic E-state index is 13.8. The van der Waals surface area contributed by atoms with Gasteiger partial charge in [-0.05, 0) is 103 Å². The van der Waals surface area contributed by atoms with Crippen molar-refractivity contribution in [3.63, 3.8) is 0 Å². The van der Waals surface area contributed by atoms with E-state index in [1.54, 1.807) is 88.8 Å². The highest BCUT2D eigenvalue weighted by Crippen LogP contribution is 2.30. The van der Waals surface area contributed by atoms with Gasteiger partial charge in [0.1, 0.15) is 11.4 Å². The zero-order valence-corrected chi connectivity index (χ0v) is 49.5. The number of halogens is 5. The van der Waals surface area contributed by atoms with Gasteiger partial charge in [-0.3, -0.25) is 9.59 Å². The first-order valence-corrected chi connectivity index (χ1v) is 30.1. The number of hydrogen-bond acceptors (Lipinski definition) is 14. The van der Waals surface area contributed by atoms with E-state index in [1.165, 1.54) is 35.0 Å². The van der Waals surface area contributed by atoms with Gasteiger partial charge in [0.25, 0.3) is 0 Å². The molecule has 0 bridgehead atoms. The minimum atomic E-state index is -5.08. The maximum Gasteiger partial charge on any atom is 0.490 e. The zero-order valence-electron chi connectivity index (χ0n) is 46.3. The van der Waals surface area contributed by atoms with Gasteiger partial charge < -0.3 is 38.9 Å². The summed E-state index contributed by atoms with van der Waals surface area (Å²) in [5.41, 5.74) is 3.58. The molecule has 10 rings (SSSR count). The van der Waals surface area contributed by atoms with E-state index in [-0.39, 0.29) is 69.1 Å². The summed E-state index contributed by atoms with van der Waals surface area (Å²) in [5.74, 6) is -4.10. The second-order valence-electron chi connectivity index (χ2n) is 19.6. The molecule has 2 aliphatic rings. The van der Waals surface area contributed by atoms with Crippen LogP contribution in [0.4, 0.5) is 13.2 Å². The SMILES string of the molecule is COC(=O)c1c(Cc2ccc(S(=O)(=O)N3CCN(B(C)O)CC3)cc2)c(=O)c2ccc(Cl)cc2n1-c1ccccc1.COC(=O)c1c(Cc2ccc(S(=O)(=O)N3CCNCC3)cc2)c(=O)c2ccc(Cl)cc2n1-c1ccccc1.O=C(O)C(F)(F)F. The Morgan fingerprint density at radius 1 is 0.581 bits per heavy atom. The van der Waals surface area contributed by atoms with Crippen LogP contribution < -0.4 is 16.2 Å². The van der Waals surface area contributed by atoms with E-state index in [0.717, 1.165) is 0 Å². The average Bonchev–Trinajstić information content (AvgIpc) is 1.34. The van der Waals surface area contributed by atoms with Crippen molar-refractivity contribution in [2.45, 2.75) is 35.6 Å². The van der Waals surface area contributed by atoms with Crippen molar-refractivity contribution in [2.75, 3.05) is 66.6 Å². The van der Waals surface area contributed by atoms with Crippen LogP contribution in [0.15, 0.2) is 165 Å². The monoisotopic (exact) mass is 1260 g/mol. The van der Waals surface area contributed by atoms with Crippen LogP contribution in [0.3, 0.4) is 0 Å². The number of alkyl halides is 3. The van der Waals surface area contributed by atoms with E-state index in [9.17, 15) is 54.2 Å². The third kappa shape index (κ3) is 14.2. The van der Waals surface area contributed by atoms with Crippen molar-refractivity contribution in [2.24, 2.45) is 0 Å². The smallest absolute Gasteiger partial charge is 0.475 e. The fourth-order valence-electron chi connectivity index (χ4n) is 9.92. The molecule has 2 fully saturated rings. The number of carbonyl (C=O) groups excluding carboxylic acids is 2. The van der Waals surface area contributed by atoms with Gasteiger partial charge in [-0.15, -0.1) is 0 Å². The Kier molecular flexibility index (Phi) is 20.4. The van der Waals surface area contributed by atoms with Crippen LogP contribution in [0.25, 0.3) is 33.2 Å². The molecule has 6 aromatic carbocycles. The molecule has 2 saturated heterocycles. The van der Waals surface area contributed by atoms with Gasteiger partial charge >= 0.3 is 31.1 Å². The van der Waals surface area contributed by atoms with Crippen LogP contribution in [0.2, 0.25) is 16.9 Å². The zero-order chi connectivity index (χ0) is 62.3. The molecule has 0 aliphatic carbocycles. The molecule has 3 N–H and O–H groups in total. The number of benzene rings is 6. The van der Waals surface area contributed by atoms with Crippen molar-refractivity contribution in [1.82, 2.24) is 27.9 Å². The molecule has 0 atom stereocenters. The standard InChI is InChI=1S/C29H29BClN3O6S.C28H26ClN3O5S.C2HF3O2/c1-30(37)32-14-16-33(17-15-32)41(38,39)23-11-8-20(9-12-23)18-25-27(29(36)40-2)34(22-6-4-3-5-7-22)26-19-21(31)10-13-24(26)28(25)35;1-37-28(34)26-24(17-19-7-10-22(11-8-19)38(35,36)31-15-13-30-14-16-31)27(33)23-12-9-20(29)18-25(23)32(26)21-5-3-2-4-6-21;3-2(4,5)1(6)7/h3-13,19,37H,14-18H2,1-2H3;2-12,18,30H,13-17H2,1H3;(H,6,7). The first-order chi connectivity index (χ1) is 40.9. The highest BCUT2D eigenvalue weighted by Gasteiger charge is 2.38. The lowest BCUT2D eigenvalue weighted by molar-refractivity contribution is -0.192. The first-order valence-electron chi connectivity index (χ1n) is 26.5. The normalized spacial score (nSPS) is 14.3. The van der Waals surface area contributed by atoms with Crippen LogP contribution in [0.5, 0.6) is 0 Å². The highest BCUT2D eigenvalue weighted by molar-refractivity contribution is 7.89. The van der Waals surface area contributed by atoms with E-state index in [0.29, 0.717) is 93.6 Å². The first kappa shape index (κ1) is 64.3.